The second kappa shape index (κ2) is 13.6. The highest BCUT2D eigenvalue weighted by Crippen LogP contribution is 2.65. The Morgan fingerprint density at radius 2 is 1.21 bits per heavy atom. The minimum Gasteiger partial charge on any atom is -0.466 e. The second-order valence-corrected chi connectivity index (χ2v) is 22.1. The number of hydrogen-bond acceptors (Lipinski definition) is 4. The molecule has 9 aromatic rings. The minimum absolute atomic E-state index is 0.0813. The number of hydrogen-bond donors (Lipinski definition) is 0. The van der Waals surface area contributed by atoms with Crippen LogP contribution in [0.1, 0.15) is 126 Å². The summed E-state index contributed by atoms with van der Waals surface area (Å²) in [4.78, 5) is 5.26. The molecule has 5 heterocycles. The van der Waals surface area contributed by atoms with Crippen LogP contribution in [-0.2, 0) is 29.1 Å². The fourth-order valence-electron chi connectivity index (χ4n) is 13.6. The van der Waals surface area contributed by atoms with Crippen molar-refractivity contribution in [2.75, 3.05) is 9.71 Å². The molecule has 7 aromatic carbocycles. The zero-order valence-electron chi connectivity index (χ0n) is 40.0. The first-order valence-electron chi connectivity index (χ1n) is 25.2. The molecule has 2 aliphatic carbocycles. The Morgan fingerprint density at radius 1 is 0.522 bits per heavy atom. The van der Waals surface area contributed by atoms with Crippen LogP contribution in [0, 0.1) is 0 Å². The molecule has 5 heteroatoms. The molecule has 4 nitrogen and oxygen atoms in total. The molecular formula is C62H57BN2O2. The van der Waals surface area contributed by atoms with E-state index in [-0.39, 0.29) is 23.1 Å². The average molecular weight is 873 g/mol. The third-order valence-corrected chi connectivity index (χ3v) is 17.2. The molecule has 0 spiro atoms. The lowest BCUT2D eigenvalue weighted by Gasteiger charge is -2.49. The predicted octanol–water partition coefficient (Wildman–Crippen LogP) is 15.7. The highest BCUT2D eigenvalue weighted by molar-refractivity contribution is 6.93. The maximum absolute atomic E-state index is 7.44. The lowest BCUT2D eigenvalue weighted by Crippen LogP contribution is -2.62. The predicted molar refractivity (Wildman–Crippen MR) is 281 cm³/mol. The number of anilines is 5. The number of rotatable bonds is 7. The van der Waals surface area contributed by atoms with E-state index in [4.69, 9.17) is 8.83 Å². The molecule has 5 aliphatic rings. The van der Waals surface area contributed by atoms with Gasteiger partial charge in [-0.2, -0.15) is 0 Å². The van der Waals surface area contributed by atoms with E-state index in [9.17, 15) is 0 Å². The van der Waals surface area contributed by atoms with Crippen molar-refractivity contribution in [3.63, 3.8) is 0 Å². The average Bonchev–Trinajstić information content (AvgIpc) is 3.98. The van der Waals surface area contributed by atoms with Crippen molar-refractivity contribution in [3.05, 3.63) is 160 Å². The van der Waals surface area contributed by atoms with Gasteiger partial charge in [0.2, 0.25) is 0 Å². The third-order valence-electron chi connectivity index (χ3n) is 17.2. The van der Waals surface area contributed by atoms with Gasteiger partial charge in [-0.1, -0.05) is 115 Å². The third kappa shape index (κ3) is 5.16. The van der Waals surface area contributed by atoms with Gasteiger partial charge < -0.3 is 18.5 Å². The summed E-state index contributed by atoms with van der Waals surface area (Å²) in [6, 6.07) is 47.1. The van der Waals surface area contributed by atoms with E-state index in [1.54, 1.807) is 0 Å². The summed E-state index contributed by atoms with van der Waals surface area (Å²) in [5.41, 5.74) is 26.0. The van der Waals surface area contributed by atoms with Crippen LogP contribution in [-0.4, -0.2) is 6.85 Å². The summed E-state index contributed by atoms with van der Waals surface area (Å²) in [6.07, 6.45) is 9.12. The maximum Gasteiger partial charge on any atom is 0.375 e. The zero-order valence-corrected chi connectivity index (χ0v) is 40.0. The quantitative estimate of drug-likeness (QED) is 0.149. The Morgan fingerprint density at radius 3 is 1.99 bits per heavy atom. The topological polar surface area (TPSA) is 32.8 Å². The van der Waals surface area contributed by atoms with Crippen LogP contribution in [0.5, 0.6) is 0 Å². The Balaban J connectivity index is 1.13. The van der Waals surface area contributed by atoms with Crippen LogP contribution in [0.25, 0.3) is 55.2 Å². The SMILES string of the molecule is CCCCc1ccc2c(c1)C1(C)c3ccccc3-c3cc4c5c(c31)N2c1c(oc2ccc(CCCC)cc12)B5N(c1ccccc1)c1cc2oc3cc5c(cc3c2cc1-4)C(C)(C)CCC5(C)C. The Labute approximate surface area is 394 Å². The second-order valence-electron chi connectivity index (χ2n) is 22.1. The van der Waals surface area contributed by atoms with E-state index < -0.39 is 0 Å². The maximum atomic E-state index is 7.44. The van der Waals surface area contributed by atoms with Gasteiger partial charge in [0.1, 0.15) is 22.4 Å². The van der Waals surface area contributed by atoms with Crippen molar-refractivity contribution in [1.29, 1.82) is 0 Å². The highest BCUT2D eigenvalue weighted by atomic mass is 16.3. The van der Waals surface area contributed by atoms with E-state index in [0.717, 1.165) is 65.9 Å². The number of nitrogens with zero attached hydrogens (tertiary/aromatic N) is 2. The Kier molecular flexibility index (Phi) is 8.05. The van der Waals surface area contributed by atoms with Gasteiger partial charge >= 0.3 is 6.85 Å². The zero-order chi connectivity index (χ0) is 45.3. The molecule has 0 saturated heterocycles. The molecule has 0 saturated carbocycles. The molecule has 3 aliphatic heterocycles. The van der Waals surface area contributed by atoms with Gasteiger partial charge in [-0.05, 0) is 172 Å². The van der Waals surface area contributed by atoms with Crippen LogP contribution >= 0.6 is 0 Å². The first kappa shape index (κ1) is 39.7. The number of para-hydroxylation sites is 1. The van der Waals surface area contributed by atoms with E-state index in [0.29, 0.717) is 0 Å². The van der Waals surface area contributed by atoms with Crippen LogP contribution < -0.4 is 20.8 Å². The van der Waals surface area contributed by atoms with E-state index in [1.807, 2.05) is 0 Å². The van der Waals surface area contributed by atoms with E-state index >= 15 is 0 Å². The lowest BCUT2D eigenvalue weighted by molar-refractivity contribution is 0.332. The first-order valence-corrected chi connectivity index (χ1v) is 25.2. The minimum atomic E-state index is -0.361. The number of benzene rings is 7. The molecule has 14 rings (SSSR count). The smallest absolute Gasteiger partial charge is 0.375 e. The van der Waals surface area contributed by atoms with Gasteiger partial charge in [-0.15, -0.1) is 0 Å². The van der Waals surface area contributed by atoms with Gasteiger partial charge in [0, 0.05) is 50.3 Å². The summed E-state index contributed by atoms with van der Waals surface area (Å²) in [6.45, 7) is 16.5. The van der Waals surface area contributed by atoms with Gasteiger partial charge in [0.25, 0.3) is 0 Å². The summed E-state index contributed by atoms with van der Waals surface area (Å²) in [5.74, 6) is 0. The van der Waals surface area contributed by atoms with Crippen LogP contribution in [0.3, 0.4) is 0 Å². The molecular weight excluding hydrogens is 816 g/mol. The van der Waals surface area contributed by atoms with Crippen LogP contribution in [0.15, 0.2) is 130 Å². The van der Waals surface area contributed by atoms with Gasteiger partial charge in [-0.25, -0.2) is 0 Å². The fraction of sp³-hybridized carbons (Fsp3) is 0.290. The fourth-order valence-corrected chi connectivity index (χ4v) is 13.6. The normalized spacial score (nSPS) is 18.5. The van der Waals surface area contributed by atoms with Gasteiger partial charge in [0.05, 0.1) is 11.4 Å². The van der Waals surface area contributed by atoms with Crippen LogP contribution in [0.4, 0.5) is 28.4 Å². The first-order chi connectivity index (χ1) is 32.5. The molecule has 1 unspecified atom stereocenters. The van der Waals surface area contributed by atoms with E-state index in [2.05, 4.69) is 180 Å². The molecule has 0 amide bonds. The van der Waals surface area contributed by atoms with Gasteiger partial charge in [-0.3, -0.25) is 0 Å². The Hall–Kier alpha value is -6.46. The van der Waals surface area contributed by atoms with Crippen molar-refractivity contribution < 1.29 is 8.83 Å². The lowest BCUT2D eigenvalue weighted by atomic mass is 9.44. The van der Waals surface area contributed by atoms with Gasteiger partial charge in [0.15, 0.2) is 0 Å². The standard InChI is InChI=1S/C62H57BN2O2/c1-8-10-17-36-24-26-52-45(29-36)57-59(67-52)63-56-44(32-43-39-21-15-16-22-46(39)62(7)49-30-37(18-11-9-2)23-25-50(49)64(57)58(56)55(43)62)40-31-41-42-33-47-48(61(5,6)28-27-60(47,3)4)34-53(42)66-54(41)35-51(40)65(63)38-19-13-12-14-20-38/h12-16,19-26,29-35H,8-11,17-18,27-28H2,1-7H3. The molecule has 0 radical (unpaired) electrons. The molecule has 1 atom stereocenters. The monoisotopic (exact) mass is 872 g/mol. The summed E-state index contributed by atoms with van der Waals surface area (Å²) >= 11 is 0. The summed E-state index contributed by atoms with van der Waals surface area (Å²) < 4.78 is 14.5. The Bertz CT molecular complexity index is 3610. The number of unbranched alkanes of at least 4 members (excludes halogenated alkanes) is 2. The summed E-state index contributed by atoms with van der Waals surface area (Å²) in [5, 5.41) is 3.57. The molecule has 0 N–H and O–H groups in total. The largest absolute Gasteiger partial charge is 0.466 e. The number of furan rings is 2. The van der Waals surface area contributed by atoms with Crippen molar-refractivity contribution in [2.24, 2.45) is 0 Å². The molecule has 2 aromatic heterocycles. The van der Waals surface area contributed by atoms with E-state index in [1.165, 1.54) is 119 Å². The number of aryl methyl sites for hydroxylation is 2. The molecule has 330 valence electrons. The summed E-state index contributed by atoms with van der Waals surface area (Å²) in [7, 11) is 0. The molecule has 67 heavy (non-hydrogen) atoms. The van der Waals surface area contributed by atoms with Crippen molar-refractivity contribution in [2.45, 2.75) is 116 Å². The highest BCUT2D eigenvalue weighted by Gasteiger charge is 2.57. The molecule has 0 bridgehead atoms. The van der Waals surface area contributed by atoms with Crippen molar-refractivity contribution in [1.82, 2.24) is 0 Å². The molecule has 0 fully saturated rings. The van der Waals surface area contributed by atoms with Crippen molar-refractivity contribution in [3.8, 4) is 22.3 Å². The van der Waals surface area contributed by atoms with Crippen LogP contribution in [0.2, 0.25) is 0 Å². The number of fused-ring (bicyclic) bond motifs is 17. The van der Waals surface area contributed by atoms with Crippen molar-refractivity contribution >= 4 is 79.3 Å².